The number of halogens is 4. The number of alkyl halides is 3. The summed E-state index contributed by atoms with van der Waals surface area (Å²) in [6.45, 7) is 4.04. The molecule has 1 atom stereocenters. The molecule has 5 N–H and O–H groups in total. The van der Waals surface area contributed by atoms with E-state index < -0.39 is 53.9 Å². The predicted octanol–water partition coefficient (Wildman–Crippen LogP) is 5.40. The Hall–Kier alpha value is -4.99. The van der Waals surface area contributed by atoms with E-state index in [9.17, 15) is 37.5 Å². The molecule has 0 unspecified atom stereocenters. The number of ketones is 1. The van der Waals surface area contributed by atoms with Crippen LogP contribution < -0.4 is 26.0 Å². The lowest BCUT2D eigenvalue weighted by molar-refractivity contribution is -0.154. The molecule has 1 heterocycles. The van der Waals surface area contributed by atoms with E-state index in [2.05, 4.69) is 36.2 Å². The maximum absolute atomic E-state index is 12.9. The van der Waals surface area contributed by atoms with Crippen molar-refractivity contribution in [1.29, 1.82) is 0 Å². The second-order valence-corrected chi connectivity index (χ2v) is 13.4. The van der Waals surface area contributed by atoms with E-state index >= 15 is 0 Å². The van der Waals surface area contributed by atoms with Crippen LogP contribution in [0.2, 0.25) is 5.02 Å². The molecule has 17 heteroatoms. The SMILES string of the molecule is CC(C)(C)CCC(=O)C(=O)NCC[C@H](NC(=O)c1ccc(Nc2nc(NC3(c4ccc(Cl)cc4)CC3)nc(OCC(F)(F)F)n2)cc1)C(=O)O. The maximum Gasteiger partial charge on any atom is 0.422 e. The van der Waals surface area contributed by atoms with Crippen LogP contribution in [0.25, 0.3) is 0 Å². The Bertz CT molecular complexity index is 1700. The zero-order valence-electron chi connectivity index (χ0n) is 27.5. The number of carbonyl (C=O) groups excluding carboxylic acids is 3. The van der Waals surface area contributed by atoms with Crippen LogP contribution >= 0.6 is 11.6 Å². The maximum atomic E-state index is 12.9. The van der Waals surface area contributed by atoms with E-state index in [1.807, 2.05) is 32.9 Å². The summed E-state index contributed by atoms with van der Waals surface area (Å²) in [6, 6.07) is 10.8. The third kappa shape index (κ3) is 11.6. The molecule has 0 spiro atoms. The summed E-state index contributed by atoms with van der Waals surface area (Å²) in [5, 5.41) is 20.9. The van der Waals surface area contributed by atoms with Gasteiger partial charge in [0.2, 0.25) is 17.7 Å². The van der Waals surface area contributed by atoms with Crippen LogP contribution in [0.15, 0.2) is 48.5 Å². The Kier molecular flexibility index (Phi) is 11.9. The summed E-state index contributed by atoms with van der Waals surface area (Å²) >= 11 is 6.01. The summed E-state index contributed by atoms with van der Waals surface area (Å²) < 4.78 is 43.5. The molecule has 1 fully saturated rings. The Labute approximate surface area is 290 Å². The van der Waals surface area contributed by atoms with Crippen LogP contribution in [-0.2, 0) is 19.9 Å². The van der Waals surface area contributed by atoms with Crippen molar-refractivity contribution < 1.29 is 42.2 Å². The second-order valence-electron chi connectivity index (χ2n) is 13.0. The highest BCUT2D eigenvalue weighted by atomic mass is 35.5. The standard InChI is InChI=1S/C33H37ClF3N7O6/c1-31(2,3)14-12-24(45)26(47)38-17-13-23(27(48)49)40-25(46)19-4-10-22(11-5-19)39-28-41-29(43-30(42-28)50-18-33(35,36)37)44-32(15-16-32)20-6-8-21(34)9-7-20/h4-11,23H,12-18H2,1-3H3,(H,38,47)(H,40,46)(H,48,49)(H2,39,41,42,43,44)/t23-/m0/s1. The molecule has 1 aromatic heterocycles. The minimum atomic E-state index is -4.64. The fraction of sp³-hybridized carbons (Fsp3) is 0.424. The fourth-order valence-electron chi connectivity index (χ4n) is 4.64. The molecule has 13 nitrogen and oxygen atoms in total. The minimum absolute atomic E-state index is 0.0340. The summed E-state index contributed by atoms with van der Waals surface area (Å²) in [6.07, 6.45) is -2.82. The van der Waals surface area contributed by atoms with Crippen LogP contribution in [0.5, 0.6) is 6.01 Å². The van der Waals surface area contributed by atoms with E-state index in [0.717, 1.165) is 5.56 Å². The number of amides is 2. The molecular weight excluding hydrogens is 683 g/mol. The molecule has 1 aliphatic rings. The van der Waals surface area contributed by atoms with Crippen molar-refractivity contribution in [1.82, 2.24) is 25.6 Å². The topological polar surface area (TPSA) is 185 Å². The monoisotopic (exact) mass is 719 g/mol. The lowest BCUT2D eigenvalue weighted by Crippen LogP contribution is -2.43. The summed E-state index contributed by atoms with van der Waals surface area (Å²) in [4.78, 5) is 61.0. The molecule has 0 bridgehead atoms. The van der Waals surface area contributed by atoms with E-state index in [4.69, 9.17) is 16.3 Å². The van der Waals surface area contributed by atoms with Gasteiger partial charge in [0.15, 0.2) is 6.61 Å². The average Bonchev–Trinajstić information content (AvgIpc) is 3.82. The first-order valence-electron chi connectivity index (χ1n) is 15.6. The molecule has 50 heavy (non-hydrogen) atoms. The van der Waals surface area contributed by atoms with Crippen molar-refractivity contribution in [2.75, 3.05) is 23.8 Å². The normalized spacial score (nSPS) is 14.2. The van der Waals surface area contributed by atoms with Gasteiger partial charge in [-0.05, 0) is 73.1 Å². The molecule has 268 valence electrons. The van der Waals surface area contributed by atoms with Crippen molar-refractivity contribution >= 4 is 52.8 Å². The largest absolute Gasteiger partial charge is 0.480 e. The Morgan fingerprint density at radius 3 is 2.18 bits per heavy atom. The molecular formula is C33H37ClF3N7O6. The number of benzene rings is 2. The molecule has 3 aromatic rings. The number of nitrogens with one attached hydrogen (secondary N) is 4. The van der Waals surface area contributed by atoms with Gasteiger partial charge in [0.1, 0.15) is 6.04 Å². The van der Waals surface area contributed by atoms with Gasteiger partial charge in [-0.15, -0.1) is 0 Å². The van der Waals surface area contributed by atoms with Gasteiger partial charge in [0.25, 0.3) is 11.8 Å². The van der Waals surface area contributed by atoms with E-state index in [0.29, 0.717) is 30.0 Å². The van der Waals surface area contributed by atoms with Gasteiger partial charge < -0.3 is 31.1 Å². The van der Waals surface area contributed by atoms with Crippen molar-refractivity contribution in [2.45, 2.75) is 70.6 Å². The summed E-state index contributed by atoms with van der Waals surface area (Å²) in [7, 11) is 0. The number of hydrogen-bond acceptors (Lipinski definition) is 10. The number of carbonyl (C=O) groups is 4. The van der Waals surface area contributed by atoms with Gasteiger partial charge in [-0.2, -0.15) is 28.1 Å². The number of hydrogen-bond donors (Lipinski definition) is 5. The molecule has 0 radical (unpaired) electrons. The lowest BCUT2D eigenvalue weighted by Gasteiger charge is -2.19. The van der Waals surface area contributed by atoms with Crippen LogP contribution in [0, 0.1) is 5.41 Å². The zero-order valence-corrected chi connectivity index (χ0v) is 28.2. The van der Waals surface area contributed by atoms with E-state index in [-0.39, 0.29) is 42.3 Å². The number of nitrogens with zero attached hydrogens (tertiary/aromatic N) is 3. The second kappa shape index (κ2) is 15.7. The molecule has 4 rings (SSSR count). The Balaban J connectivity index is 1.39. The van der Waals surface area contributed by atoms with Crippen LogP contribution in [0.4, 0.5) is 30.8 Å². The first kappa shape index (κ1) is 37.8. The highest BCUT2D eigenvalue weighted by Crippen LogP contribution is 2.48. The van der Waals surface area contributed by atoms with Crippen LogP contribution in [-0.4, -0.2) is 69.0 Å². The molecule has 0 aliphatic heterocycles. The van der Waals surface area contributed by atoms with E-state index in [1.54, 1.807) is 12.1 Å². The number of Topliss-reactive ketones (excluding diaryl/α,β-unsaturated/α-hetero) is 1. The number of rotatable bonds is 16. The third-order valence-electron chi connectivity index (χ3n) is 7.56. The molecule has 2 aromatic carbocycles. The Morgan fingerprint density at radius 1 is 0.960 bits per heavy atom. The van der Waals surface area contributed by atoms with E-state index in [1.165, 1.54) is 24.3 Å². The molecule has 2 amide bonds. The van der Waals surface area contributed by atoms with Crippen molar-refractivity contribution in [3.8, 4) is 6.01 Å². The van der Waals surface area contributed by atoms with Gasteiger partial charge in [-0.25, -0.2) is 4.79 Å². The van der Waals surface area contributed by atoms with Gasteiger partial charge >= 0.3 is 18.2 Å². The van der Waals surface area contributed by atoms with Crippen molar-refractivity contribution in [3.05, 3.63) is 64.7 Å². The third-order valence-corrected chi connectivity index (χ3v) is 7.81. The number of anilines is 3. The number of aromatic nitrogens is 3. The minimum Gasteiger partial charge on any atom is -0.480 e. The highest BCUT2D eigenvalue weighted by molar-refractivity contribution is 6.36. The molecule has 1 saturated carbocycles. The van der Waals surface area contributed by atoms with Crippen LogP contribution in [0.1, 0.15) is 68.8 Å². The number of carboxylic acid groups (broad SMARTS) is 1. The van der Waals surface area contributed by atoms with Gasteiger partial charge in [0, 0.05) is 29.2 Å². The number of carboxylic acids is 1. The number of ether oxygens (including phenoxy) is 1. The predicted molar refractivity (Wildman–Crippen MR) is 177 cm³/mol. The average molecular weight is 720 g/mol. The van der Waals surface area contributed by atoms with Gasteiger partial charge in [0.05, 0.1) is 5.54 Å². The fourth-order valence-corrected chi connectivity index (χ4v) is 4.76. The molecule has 0 saturated heterocycles. The first-order chi connectivity index (χ1) is 23.4. The first-order valence-corrected chi connectivity index (χ1v) is 16.0. The number of aliphatic carboxylic acids is 1. The van der Waals surface area contributed by atoms with Crippen LogP contribution in [0.3, 0.4) is 0 Å². The summed E-state index contributed by atoms with van der Waals surface area (Å²) in [5.41, 5.74) is 0.636. The summed E-state index contributed by atoms with van der Waals surface area (Å²) in [5.74, 6) is -3.66. The Morgan fingerprint density at radius 2 is 1.60 bits per heavy atom. The zero-order chi connectivity index (χ0) is 36.7. The highest BCUT2D eigenvalue weighted by Gasteiger charge is 2.45. The quantitative estimate of drug-likeness (QED) is 0.120. The lowest BCUT2D eigenvalue weighted by atomic mass is 9.89. The van der Waals surface area contributed by atoms with Gasteiger partial charge in [-0.3, -0.25) is 14.4 Å². The van der Waals surface area contributed by atoms with Crippen molar-refractivity contribution in [3.63, 3.8) is 0 Å². The smallest absolute Gasteiger partial charge is 0.422 e. The molecule has 1 aliphatic carbocycles. The van der Waals surface area contributed by atoms with Crippen molar-refractivity contribution in [2.24, 2.45) is 5.41 Å². The van der Waals surface area contributed by atoms with Gasteiger partial charge in [-0.1, -0.05) is 44.5 Å².